The molecule has 0 N–H and O–H groups in total. The van der Waals surface area contributed by atoms with Gasteiger partial charge in [0.1, 0.15) is 0 Å². The Hall–Kier alpha value is -1.88. The molecule has 11 heteroatoms. The molecule has 7 nitrogen and oxygen atoms in total. The summed E-state index contributed by atoms with van der Waals surface area (Å²) in [6.45, 7) is 2.13. The fraction of sp³-hybridized carbons (Fsp3) is 0.538. The zero-order chi connectivity index (χ0) is 18.0. The van der Waals surface area contributed by atoms with E-state index in [2.05, 4.69) is 9.17 Å². The largest absolute Gasteiger partial charge is 0.534 e. The van der Waals surface area contributed by atoms with E-state index in [1.54, 1.807) is 6.92 Å². The zero-order valence-corrected chi connectivity index (χ0v) is 13.4. The van der Waals surface area contributed by atoms with Crippen molar-refractivity contribution in [2.45, 2.75) is 25.3 Å². The lowest BCUT2D eigenvalue weighted by molar-refractivity contribution is -0.0501. The molecule has 0 aromatic carbocycles. The Kier molecular flexibility index (Phi) is 5.33. The van der Waals surface area contributed by atoms with Gasteiger partial charge in [0, 0.05) is 12.5 Å². The number of alkyl halides is 3. The molecule has 1 aliphatic heterocycles. The van der Waals surface area contributed by atoms with Gasteiger partial charge >= 0.3 is 21.6 Å². The highest BCUT2D eigenvalue weighted by Crippen LogP contribution is 2.29. The molecule has 2 heterocycles. The molecule has 0 unspecified atom stereocenters. The molecule has 1 aromatic rings. The Balaban J connectivity index is 2.49. The summed E-state index contributed by atoms with van der Waals surface area (Å²) < 4.78 is 73.7. The molecule has 1 aromatic heterocycles. The average Bonchev–Trinajstić information content (AvgIpc) is 2.70. The monoisotopic (exact) mass is 369 g/mol. The van der Waals surface area contributed by atoms with Crippen molar-refractivity contribution in [3.05, 3.63) is 22.9 Å². The molecule has 2 rings (SSSR count). The third kappa shape index (κ3) is 3.96. The summed E-state index contributed by atoms with van der Waals surface area (Å²) in [6.07, 6.45) is 0.494. The zero-order valence-electron chi connectivity index (χ0n) is 12.6. The topological polar surface area (TPSA) is 91.8 Å². The fourth-order valence-corrected chi connectivity index (χ4v) is 2.53. The number of ether oxygens (including phenoxy) is 2. The number of hydrogen-bond donors (Lipinski definition) is 0. The van der Waals surface area contributed by atoms with Gasteiger partial charge in [-0.05, 0) is 18.9 Å². The lowest BCUT2D eigenvalue weighted by atomic mass is 10.0. The van der Waals surface area contributed by atoms with E-state index in [1.165, 1.54) is 0 Å². The molecule has 0 radical (unpaired) electrons. The number of hydrogen-bond acceptors (Lipinski definition) is 7. The Morgan fingerprint density at radius 3 is 2.62 bits per heavy atom. The highest BCUT2D eigenvalue weighted by Gasteiger charge is 2.49. The summed E-state index contributed by atoms with van der Waals surface area (Å²) in [7, 11) is -5.89. The predicted molar refractivity (Wildman–Crippen MR) is 74.0 cm³/mol. The van der Waals surface area contributed by atoms with E-state index < -0.39 is 27.5 Å². The molecule has 0 atom stereocenters. The number of pyridine rings is 1. The van der Waals surface area contributed by atoms with Crippen molar-refractivity contribution in [2.75, 3.05) is 19.8 Å². The first-order chi connectivity index (χ1) is 11.2. The number of carbonyl (C=O) groups is 1. The number of rotatable bonds is 4. The summed E-state index contributed by atoms with van der Waals surface area (Å²) in [5, 5.41) is 0. The minimum atomic E-state index is -5.89. The van der Waals surface area contributed by atoms with Crippen LogP contribution in [0, 0.1) is 0 Å². The number of halogens is 3. The van der Waals surface area contributed by atoms with Gasteiger partial charge in [-0.25, -0.2) is 9.78 Å². The number of aromatic nitrogens is 1. The van der Waals surface area contributed by atoms with Gasteiger partial charge in [-0.2, -0.15) is 21.6 Å². The minimum Gasteiger partial charge on any atom is -0.462 e. The molecule has 24 heavy (non-hydrogen) atoms. The second-order valence-corrected chi connectivity index (χ2v) is 6.29. The van der Waals surface area contributed by atoms with Crippen LogP contribution >= 0.6 is 0 Å². The number of carbonyl (C=O) groups excluding carboxylic acids is 1. The van der Waals surface area contributed by atoms with E-state index in [4.69, 9.17) is 9.47 Å². The van der Waals surface area contributed by atoms with E-state index in [9.17, 15) is 26.4 Å². The van der Waals surface area contributed by atoms with E-state index in [-0.39, 0.29) is 30.9 Å². The van der Waals surface area contributed by atoms with Crippen LogP contribution in [0.1, 0.15) is 28.5 Å². The molecule has 0 aliphatic carbocycles. The van der Waals surface area contributed by atoms with Crippen LogP contribution in [0.15, 0.2) is 6.07 Å². The second-order valence-electron chi connectivity index (χ2n) is 4.75. The molecule has 0 saturated carbocycles. The number of esters is 1. The first-order valence-electron chi connectivity index (χ1n) is 6.94. The van der Waals surface area contributed by atoms with Crippen LogP contribution in [0.2, 0.25) is 0 Å². The van der Waals surface area contributed by atoms with Crippen LogP contribution in [-0.4, -0.2) is 44.7 Å². The van der Waals surface area contributed by atoms with Crippen molar-refractivity contribution in [1.82, 2.24) is 4.98 Å². The van der Waals surface area contributed by atoms with Crippen LogP contribution < -0.4 is 4.18 Å². The standard InChI is InChI=1S/C13H14F3NO6S/c1-2-22-12(18)9-7-11(23-24(19,20)13(14,15)16)17-10-4-6-21-5-3-8(9)10/h7H,2-6H2,1H3. The molecular weight excluding hydrogens is 355 g/mol. The molecule has 1 aliphatic rings. The van der Waals surface area contributed by atoms with Crippen molar-refractivity contribution < 1.29 is 40.0 Å². The number of nitrogens with zero attached hydrogens (tertiary/aromatic N) is 1. The summed E-state index contributed by atoms with van der Waals surface area (Å²) in [5.74, 6) is -1.64. The quantitative estimate of drug-likeness (QED) is 0.452. The highest BCUT2D eigenvalue weighted by molar-refractivity contribution is 7.87. The Bertz CT molecular complexity index is 732. The van der Waals surface area contributed by atoms with Crippen molar-refractivity contribution in [1.29, 1.82) is 0 Å². The number of fused-ring (bicyclic) bond motifs is 1. The van der Waals surface area contributed by atoms with E-state index in [1.807, 2.05) is 0 Å². The first kappa shape index (κ1) is 18.5. The first-order valence-corrected chi connectivity index (χ1v) is 8.35. The smallest absolute Gasteiger partial charge is 0.462 e. The SMILES string of the molecule is CCOC(=O)c1cc(OS(=O)(=O)C(F)(F)F)nc2c1CCOCC2. The van der Waals surface area contributed by atoms with Crippen LogP contribution in [0.5, 0.6) is 5.88 Å². The minimum absolute atomic E-state index is 0.0451. The van der Waals surface area contributed by atoms with Crippen LogP contribution in [-0.2, 0) is 32.4 Å². The van der Waals surface area contributed by atoms with Crippen LogP contribution in [0.25, 0.3) is 0 Å². The summed E-state index contributed by atoms with van der Waals surface area (Å²) in [4.78, 5) is 15.8. The van der Waals surface area contributed by atoms with Crippen molar-refractivity contribution in [2.24, 2.45) is 0 Å². The van der Waals surface area contributed by atoms with Gasteiger partial charge < -0.3 is 13.7 Å². The van der Waals surface area contributed by atoms with Crippen molar-refractivity contribution >= 4 is 16.1 Å². The van der Waals surface area contributed by atoms with E-state index >= 15 is 0 Å². The maximum atomic E-state index is 12.5. The Labute approximate surface area is 135 Å². The van der Waals surface area contributed by atoms with Gasteiger partial charge in [0.25, 0.3) is 0 Å². The van der Waals surface area contributed by atoms with Crippen LogP contribution in [0.4, 0.5) is 13.2 Å². The van der Waals surface area contributed by atoms with Crippen LogP contribution in [0.3, 0.4) is 0 Å². The summed E-state index contributed by atoms with van der Waals surface area (Å²) in [5.41, 5.74) is -5.00. The third-order valence-electron chi connectivity index (χ3n) is 3.14. The van der Waals surface area contributed by atoms with Gasteiger partial charge in [0.15, 0.2) is 0 Å². The summed E-state index contributed by atoms with van der Waals surface area (Å²) in [6, 6.07) is 0.839. The molecule has 0 saturated heterocycles. The third-order valence-corrected chi connectivity index (χ3v) is 4.10. The van der Waals surface area contributed by atoms with E-state index in [0.29, 0.717) is 18.6 Å². The fourth-order valence-electron chi connectivity index (χ4n) is 2.12. The molecule has 134 valence electrons. The van der Waals surface area contributed by atoms with E-state index in [0.717, 1.165) is 6.07 Å². The average molecular weight is 369 g/mol. The highest BCUT2D eigenvalue weighted by atomic mass is 32.2. The van der Waals surface area contributed by atoms with Gasteiger partial charge in [0.2, 0.25) is 5.88 Å². The van der Waals surface area contributed by atoms with Crippen molar-refractivity contribution in [3.63, 3.8) is 0 Å². The Morgan fingerprint density at radius 1 is 1.33 bits per heavy atom. The normalized spacial score (nSPS) is 15.3. The molecule has 0 spiro atoms. The Morgan fingerprint density at radius 2 is 2.00 bits per heavy atom. The lowest BCUT2D eigenvalue weighted by Crippen LogP contribution is -2.28. The maximum Gasteiger partial charge on any atom is 0.534 e. The van der Waals surface area contributed by atoms with Crippen molar-refractivity contribution in [3.8, 4) is 5.88 Å². The predicted octanol–water partition coefficient (Wildman–Crippen LogP) is 1.60. The summed E-state index contributed by atoms with van der Waals surface area (Å²) >= 11 is 0. The second kappa shape index (κ2) is 6.93. The van der Waals surface area contributed by atoms with Gasteiger partial charge in [0.05, 0.1) is 31.1 Å². The lowest BCUT2D eigenvalue weighted by Gasteiger charge is -2.14. The molecular formula is C13H14F3NO6S. The van der Waals surface area contributed by atoms with Gasteiger partial charge in [-0.15, -0.1) is 0 Å². The maximum absolute atomic E-state index is 12.5. The van der Waals surface area contributed by atoms with Gasteiger partial charge in [-0.3, -0.25) is 0 Å². The van der Waals surface area contributed by atoms with Gasteiger partial charge in [-0.1, -0.05) is 0 Å². The molecule has 0 fully saturated rings. The molecule has 0 amide bonds. The molecule has 0 bridgehead atoms.